The Kier molecular flexibility index (Phi) is 7.47. The molecule has 0 rings (SSSR count). The maximum absolute atomic E-state index is 5.49. The highest BCUT2D eigenvalue weighted by atomic mass is 35.5. The quantitative estimate of drug-likeness (QED) is 0.342. The molecule has 0 saturated carbocycles. The van der Waals surface area contributed by atoms with Crippen molar-refractivity contribution in [3.63, 3.8) is 0 Å². The van der Waals surface area contributed by atoms with Crippen LogP contribution in [0, 0.1) is 0 Å². The Balaban J connectivity index is 3.09. The van der Waals surface area contributed by atoms with Gasteiger partial charge >= 0.3 is 0 Å². The first-order valence-corrected chi connectivity index (χ1v) is 4.00. The number of rotatable bonds is 6. The monoisotopic (exact) mass is 166 g/mol. The van der Waals surface area contributed by atoms with E-state index in [1.165, 1.54) is 0 Å². The first kappa shape index (κ1) is 10.2. The van der Waals surface area contributed by atoms with Gasteiger partial charge in [-0.3, -0.25) is 0 Å². The van der Waals surface area contributed by atoms with Crippen LogP contribution in [0.4, 0.5) is 0 Å². The minimum absolute atomic E-state index is 0.0526. The molecule has 0 spiro atoms. The van der Waals surface area contributed by atoms with Gasteiger partial charge in [-0.1, -0.05) is 0 Å². The lowest BCUT2D eigenvalue weighted by Gasteiger charge is -2.11. The molecular formula is C7H15ClO2. The molecule has 0 unspecified atom stereocenters. The molecule has 0 bridgehead atoms. The van der Waals surface area contributed by atoms with Gasteiger partial charge in [0.15, 0.2) is 6.29 Å². The third-order valence-corrected chi connectivity index (χ3v) is 1.62. The van der Waals surface area contributed by atoms with Gasteiger partial charge < -0.3 is 9.47 Å². The SMILES string of the molecule is COC(CCCCCl)OC. The normalized spacial score (nSPS) is 10.8. The molecule has 0 aliphatic heterocycles. The van der Waals surface area contributed by atoms with E-state index in [2.05, 4.69) is 0 Å². The Morgan fingerprint density at radius 2 is 1.80 bits per heavy atom. The molecular weight excluding hydrogens is 152 g/mol. The van der Waals surface area contributed by atoms with Crippen molar-refractivity contribution in [1.29, 1.82) is 0 Å². The summed E-state index contributed by atoms with van der Waals surface area (Å²) in [6.07, 6.45) is 2.98. The van der Waals surface area contributed by atoms with Crippen molar-refractivity contribution in [3.8, 4) is 0 Å². The minimum atomic E-state index is -0.0526. The lowest BCUT2D eigenvalue weighted by molar-refractivity contribution is -0.106. The van der Waals surface area contributed by atoms with Gasteiger partial charge in [0.2, 0.25) is 0 Å². The predicted molar refractivity (Wildman–Crippen MR) is 42.4 cm³/mol. The molecule has 0 N–H and O–H groups in total. The van der Waals surface area contributed by atoms with Gasteiger partial charge in [-0.25, -0.2) is 0 Å². The topological polar surface area (TPSA) is 18.5 Å². The van der Waals surface area contributed by atoms with Crippen LogP contribution in [-0.2, 0) is 9.47 Å². The van der Waals surface area contributed by atoms with Gasteiger partial charge in [-0.2, -0.15) is 0 Å². The number of ether oxygens (including phenoxy) is 2. The van der Waals surface area contributed by atoms with E-state index in [1.54, 1.807) is 14.2 Å². The van der Waals surface area contributed by atoms with Gasteiger partial charge in [0, 0.05) is 20.1 Å². The summed E-state index contributed by atoms with van der Waals surface area (Å²) in [7, 11) is 3.30. The average molecular weight is 167 g/mol. The zero-order valence-electron chi connectivity index (χ0n) is 6.60. The van der Waals surface area contributed by atoms with Crippen LogP contribution < -0.4 is 0 Å². The first-order valence-electron chi connectivity index (χ1n) is 3.46. The van der Waals surface area contributed by atoms with Crippen molar-refractivity contribution in [2.75, 3.05) is 20.1 Å². The summed E-state index contributed by atoms with van der Waals surface area (Å²) < 4.78 is 9.96. The Morgan fingerprint density at radius 1 is 1.20 bits per heavy atom. The molecule has 0 radical (unpaired) electrons. The Labute approximate surface area is 67.5 Å². The molecule has 62 valence electrons. The second-order valence-electron chi connectivity index (χ2n) is 2.09. The summed E-state index contributed by atoms with van der Waals surface area (Å²) in [5, 5.41) is 0. The molecule has 0 aromatic rings. The summed E-state index contributed by atoms with van der Waals surface area (Å²) in [5.74, 6) is 0.722. The van der Waals surface area contributed by atoms with Crippen LogP contribution in [0.1, 0.15) is 19.3 Å². The van der Waals surface area contributed by atoms with Crippen molar-refractivity contribution in [2.45, 2.75) is 25.6 Å². The van der Waals surface area contributed by atoms with Gasteiger partial charge in [-0.15, -0.1) is 11.6 Å². The maximum atomic E-state index is 5.49. The molecule has 2 nitrogen and oxygen atoms in total. The second kappa shape index (κ2) is 7.32. The molecule has 0 aliphatic carbocycles. The van der Waals surface area contributed by atoms with E-state index < -0.39 is 0 Å². The highest BCUT2D eigenvalue weighted by Crippen LogP contribution is 2.04. The molecule has 0 aromatic carbocycles. The van der Waals surface area contributed by atoms with Gasteiger partial charge in [0.1, 0.15) is 0 Å². The Hall–Kier alpha value is 0.210. The van der Waals surface area contributed by atoms with Crippen molar-refractivity contribution in [2.24, 2.45) is 0 Å². The fourth-order valence-corrected chi connectivity index (χ4v) is 0.926. The number of hydrogen-bond acceptors (Lipinski definition) is 2. The fraction of sp³-hybridized carbons (Fsp3) is 1.00. The summed E-state index contributed by atoms with van der Waals surface area (Å²) in [6, 6.07) is 0. The predicted octanol–water partition coefficient (Wildman–Crippen LogP) is 2.01. The zero-order valence-corrected chi connectivity index (χ0v) is 7.36. The molecule has 0 aromatic heterocycles. The summed E-state index contributed by atoms with van der Waals surface area (Å²) in [5.41, 5.74) is 0. The standard InChI is InChI=1S/C7H15ClO2/c1-9-7(10-2)5-3-4-6-8/h7H,3-6H2,1-2H3. The molecule has 10 heavy (non-hydrogen) atoms. The van der Waals surface area contributed by atoms with E-state index in [0.29, 0.717) is 0 Å². The van der Waals surface area contributed by atoms with E-state index in [1.807, 2.05) is 0 Å². The van der Waals surface area contributed by atoms with E-state index in [-0.39, 0.29) is 6.29 Å². The van der Waals surface area contributed by atoms with Crippen LogP contribution >= 0.6 is 11.6 Å². The second-order valence-corrected chi connectivity index (χ2v) is 2.46. The van der Waals surface area contributed by atoms with E-state index in [0.717, 1.165) is 25.1 Å². The third kappa shape index (κ3) is 5.03. The molecule has 3 heteroatoms. The number of unbranched alkanes of at least 4 members (excludes halogenated alkanes) is 1. The summed E-state index contributed by atoms with van der Waals surface area (Å²) >= 11 is 5.49. The van der Waals surface area contributed by atoms with Crippen LogP contribution in [0.15, 0.2) is 0 Å². The van der Waals surface area contributed by atoms with E-state index in [9.17, 15) is 0 Å². The van der Waals surface area contributed by atoms with E-state index in [4.69, 9.17) is 21.1 Å². The Morgan fingerprint density at radius 3 is 2.20 bits per heavy atom. The number of hydrogen-bond donors (Lipinski definition) is 0. The van der Waals surface area contributed by atoms with Gasteiger partial charge in [0.25, 0.3) is 0 Å². The lowest BCUT2D eigenvalue weighted by Crippen LogP contribution is -2.12. The van der Waals surface area contributed by atoms with Crippen molar-refractivity contribution >= 4 is 11.6 Å². The van der Waals surface area contributed by atoms with Crippen LogP contribution in [0.2, 0.25) is 0 Å². The number of halogens is 1. The van der Waals surface area contributed by atoms with Gasteiger partial charge in [-0.05, 0) is 19.3 Å². The summed E-state index contributed by atoms with van der Waals surface area (Å²) in [6.45, 7) is 0. The summed E-state index contributed by atoms with van der Waals surface area (Å²) in [4.78, 5) is 0. The van der Waals surface area contributed by atoms with Crippen LogP contribution in [0.5, 0.6) is 0 Å². The first-order chi connectivity index (χ1) is 4.85. The molecule has 0 saturated heterocycles. The highest BCUT2D eigenvalue weighted by Gasteiger charge is 2.02. The molecule has 0 atom stereocenters. The Bertz CT molecular complexity index is 64.6. The van der Waals surface area contributed by atoms with Crippen molar-refractivity contribution in [3.05, 3.63) is 0 Å². The third-order valence-electron chi connectivity index (χ3n) is 1.35. The number of alkyl halides is 1. The highest BCUT2D eigenvalue weighted by molar-refractivity contribution is 6.17. The molecule has 0 fully saturated rings. The maximum Gasteiger partial charge on any atom is 0.156 e. The molecule has 0 aliphatic rings. The largest absolute Gasteiger partial charge is 0.356 e. The van der Waals surface area contributed by atoms with Gasteiger partial charge in [0.05, 0.1) is 0 Å². The minimum Gasteiger partial charge on any atom is -0.356 e. The smallest absolute Gasteiger partial charge is 0.156 e. The van der Waals surface area contributed by atoms with Crippen molar-refractivity contribution in [1.82, 2.24) is 0 Å². The lowest BCUT2D eigenvalue weighted by atomic mass is 10.2. The van der Waals surface area contributed by atoms with Crippen LogP contribution in [0.25, 0.3) is 0 Å². The van der Waals surface area contributed by atoms with Crippen molar-refractivity contribution < 1.29 is 9.47 Å². The number of methoxy groups -OCH3 is 2. The van der Waals surface area contributed by atoms with Crippen LogP contribution in [0.3, 0.4) is 0 Å². The molecule has 0 amide bonds. The fourth-order valence-electron chi connectivity index (χ4n) is 0.737. The van der Waals surface area contributed by atoms with E-state index >= 15 is 0 Å². The molecule has 0 heterocycles. The van der Waals surface area contributed by atoms with Crippen LogP contribution in [-0.4, -0.2) is 26.4 Å². The average Bonchev–Trinajstić information content (AvgIpc) is 1.99. The zero-order chi connectivity index (χ0) is 7.82.